The number of sulfonamides is 1. The van der Waals surface area contributed by atoms with Crippen LogP contribution >= 0.6 is 11.8 Å². The Morgan fingerprint density at radius 3 is 2.07 bits per heavy atom. The lowest BCUT2D eigenvalue weighted by molar-refractivity contribution is -0.115. The van der Waals surface area contributed by atoms with E-state index in [1.54, 1.807) is 61.5 Å². The van der Waals surface area contributed by atoms with E-state index in [-0.39, 0.29) is 16.5 Å². The molecule has 0 aliphatic carbocycles. The van der Waals surface area contributed by atoms with Gasteiger partial charge in [-0.1, -0.05) is 54.6 Å². The van der Waals surface area contributed by atoms with Gasteiger partial charge in [0.15, 0.2) is 0 Å². The van der Waals surface area contributed by atoms with Crippen LogP contribution in [0.2, 0.25) is 0 Å². The fourth-order valence-electron chi connectivity index (χ4n) is 3.73. The molecule has 4 rings (SSSR count). The number of primary sulfonamides is 1. The van der Waals surface area contributed by atoms with Gasteiger partial charge in [-0.2, -0.15) is 0 Å². The molecule has 0 fully saturated rings. The average molecular weight is 601 g/mol. The monoisotopic (exact) mass is 600 g/mol. The van der Waals surface area contributed by atoms with E-state index >= 15 is 0 Å². The van der Waals surface area contributed by atoms with Gasteiger partial charge in [0.1, 0.15) is 5.70 Å². The summed E-state index contributed by atoms with van der Waals surface area (Å²) >= 11 is 1.27. The number of thioether (sulfide) groups is 1. The molecule has 0 aromatic heterocycles. The van der Waals surface area contributed by atoms with Crippen molar-refractivity contribution in [3.8, 4) is 0 Å². The first kappa shape index (κ1) is 30.3. The highest BCUT2D eigenvalue weighted by Gasteiger charge is 2.18. The zero-order valence-corrected chi connectivity index (χ0v) is 24.1. The molecule has 0 heterocycles. The zero-order valence-electron chi connectivity index (χ0n) is 22.5. The van der Waals surface area contributed by atoms with Crippen molar-refractivity contribution in [1.82, 2.24) is 5.32 Å². The molecule has 3 amide bonds. The summed E-state index contributed by atoms with van der Waals surface area (Å²) in [5, 5.41) is 12.9. The van der Waals surface area contributed by atoms with Crippen LogP contribution in [0.1, 0.15) is 22.8 Å². The van der Waals surface area contributed by atoms with Gasteiger partial charge in [0.05, 0.1) is 10.1 Å². The fraction of sp³-hybridized carbons (Fsp3) is 0.0645. The molecule has 0 saturated carbocycles. The molecule has 0 spiro atoms. The van der Waals surface area contributed by atoms with Crippen molar-refractivity contribution in [2.45, 2.75) is 22.0 Å². The quantitative estimate of drug-likeness (QED) is 0.151. The SMILES string of the molecule is CC(Sc1cccc(NC(=O)/C(=C/c2ccccc2)NC(=O)c2ccccc2)c1)C(=O)Nc1ccc(S(N)(=O)=O)cc1. The Hall–Kier alpha value is -4.71. The first-order valence-electron chi connectivity index (χ1n) is 12.7. The van der Waals surface area contributed by atoms with Crippen molar-refractivity contribution < 1.29 is 22.8 Å². The van der Waals surface area contributed by atoms with Crippen LogP contribution in [0.4, 0.5) is 11.4 Å². The molecule has 0 aliphatic rings. The Morgan fingerprint density at radius 2 is 1.43 bits per heavy atom. The van der Waals surface area contributed by atoms with Crippen molar-refractivity contribution in [2.24, 2.45) is 5.14 Å². The molecule has 214 valence electrons. The lowest BCUT2D eigenvalue weighted by Gasteiger charge is -2.14. The number of nitrogens with two attached hydrogens (primary N) is 1. The molecular formula is C31H28N4O5S2. The maximum atomic E-state index is 13.3. The number of benzene rings is 4. The largest absolute Gasteiger partial charge is 0.325 e. The van der Waals surface area contributed by atoms with E-state index in [4.69, 9.17) is 5.14 Å². The molecule has 42 heavy (non-hydrogen) atoms. The molecule has 0 aliphatic heterocycles. The summed E-state index contributed by atoms with van der Waals surface area (Å²) in [6.07, 6.45) is 1.59. The number of hydrogen-bond donors (Lipinski definition) is 4. The number of hydrogen-bond acceptors (Lipinski definition) is 6. The van der Waals surface area contributed by atoms with Crippen LogP contribution in [0.15, 0.2) is 125 Å². The van der Waals surface area contributed by atoms with Crippen LogP contribution in [0.3, 0.4) is 0 Å². The van der Waals surface area contributed by atoms with Gasteiger partial charge in [-0.3, -0.25) is 14.4 Å². The van der Waals surface area contributed by atoms with Crippen molar-refractivity contribution in [1.29, 1.82) is 0 Å². The Bertz CT molecular complexity index is 1710. The van der Waals surface area contributed by atoms with E-state index in [1.165, 1.54) is 36.0 Å². The van der Waals surface area contributed by atoms with E-state index in [2.05, 4.69) is 16.0 Å². The Balaban J connectivity index is 1.44. The molecule has 5 N–H and O–H groups in total. The summed E-state index contributed by atoms with van der Waals surface area (Å²) in [4.78, 5) is 39.6. The van der Waals surface area contributed by atoms with Crippen LogP contribution in [0, 0.1) is 0 Å². The third-order valence-corrected chi connectivity index (χ3v) is 7.89. The van der Waals surface area contributed by atoms with Gasteiger partial charge in [-0.05, 0) is 73.2 Å². The predicted octanol–water partition coefficient (Wildman–Crippen LogP) is 4.86. The maximum absolute atomic E-state index is 13.3. The van der Waals surface area contributed by atoms with Gasteiger partial charge in [0.2, 0.25) is 15.9 Å². The minimum absolute atomic E-state index is 0.0526. The number of anilines is 2. The van der Waals surface area contributed by atoms with Gasteiger partial charge in [-0.15, -0.1) is 11.8 Å². The highest BCUT2D eigenvalue weighted by atomic mass is 32.2. The third kappa shape index (κ3) is 8.64. The fourth-order valence-corrected chi connectivity index (χ4v) is 5.18. The summed E-state index contributed by atoms with van der Waals surface area (Å²) in [6.45, 7) is 1.73. The summed E-state index contributed by atoms with van der Waals surface area (Å²) < 4.78 is 22.9. The Morgan fingerprint density at radius 1 is 0.786 bits per heavy atom. The summed E-state index contributed by atoms with van der Waals surface area (Å²) in [5.41, 5.74) is 2.12. The molecule has 11 heteroatoms. The Kier molecular flexibility index (Phi) is 9.92. The second kappa shape index (κ2) is 13.8. The molecule has 1 atom stereocenters. The summed E-state index contributed by atoms with van der Waals surface area (Å²) in [5.74, 6) is -1.23. The summed E-state index contributed by atoms with van der Waals surface area (Å²) in [7, 11) is -3.83. The minimum Gasteiger partial charge on any atom is -0.325 e. The smallest absolute Gasteiger partial charge is 0.272 e. The Labute approximate surface area is 248 Å². The van der Waals surface area contributed by atoms with E-state index in [1.807, 2.05) is 36.4 Å². The molecule has 4 aromatic rings. The highest BCUT2D eigenvalue weighted by Crippen LogP contribution is 2.27. The molecular weight excluding hydrogens is 572 g/mol. The van der Waals surface area contributed by atoms with Gasteiger partial charge in [0, 0.05) is 21.8 Å². The third-order valence-electron chi connectivity index (χ3n) is 5.86. The molecule has 1 unspecified atom stereocenters. The number of carbonyl (C=O) groups excluding carboxylic acids is 3. The van der Waals surface area contributed by atoms with E-state index in [0.29, 0.717) is 16.9 Å². The topological polar surface area (TPSA) is 147 Å². The number of nitrogens with one attached hydrogen (secondary N) is 3. The van der Waals surface area contributed by atoms with Crippen molar-refractivity contribution in [3.63, 3.8) is 0 Å². The van der Waals surface area contributed by atoms with Crippen molar-refractivity contribution in [2.75, 3.05) is 10.6 Å². The van der Waals surface area contributed by atoms with Crippen molar-refractivity contribution in [3.05, 3.63) is 126 Å². The lowest BCUT2D eigenvalue weighted by Crippen LogP contribution is -2.30. The second-order valence-corrected chi connectivity index (χ2v) is 12.1. The van der Waals surface area contributed by atoms with Crippen LogP contribution in [0.5, 0.6) is 0 Å². The van der Waals surface area contributed by atoms with Gasteiger partial charge < -0.3 is 16.0 Å². The molecule has 0 radical (unpaired) electrons. The molecule has 0 bridgehead atoms. The number of rotatable bonds is 10. The maximum Gasteiger partial charge on any atom is 0.272 e. The van der Waals surface area contributed by atoms with Crippen LogP contribution < -0.4 is 21.1 Å². The van der Waals surface area contributed by atoms with E-state index in [9.17, 15) is 22.8 Å². The van der Waals surface area contributed by atoms with Gasteiger partial charge in [-0.25, -0.2) is 13.6 Å². The number of amides is 3. The average Bonchev–Trinajstić information content (AvgIpc) is 2.97. The molecule has 4 aromatic carbocycles. The van der Waals surface area contributed by atoms with Crippen LogP contribution in [-0.4, -0.2) is 31.4 Å². The standard InChI is InChI=1S/C31H28N4O5S2/c1-21(29(36)33-24-15-17-27(18-16-24)42(32,39)40)41-26-14-8-13-25(20-26)34-31(38)28(19-22-9-4-2-5-10-22)35-30(37)23-11-6-3-7-12-23/h2-21H,1H3,(H,33,36)(H,34,38)(H,35,37)(H2,32,39,40)/b28-19-. The molecule has 9 nitrogen and oxygen atoms in total. The number of carbonyl (C=O) groups is 3. The van der Waals surface area contributed by atoms with Crippen molar-refractivity contribution >= 4 is 57.0 Å². The predicted molar refractivity (Wildman–Crippen MR) is 165 cm³/mol. The lowest BCUT2D eigenvalue weighted by atomic mass is 10.1. The minimum atomic E-state index is -3.83. The van der Waals surface area contributed by atoms with E-state index in [0.717, 1.165) is 10.5 Å². The second-order valence-electron chi connectivity index (χ2n) is 9.09. The highest BCUT2D eigenvalue weighted by molar-refractivity contribution is 8.00. The van der Waals surface area contributed by atoms with Crippen LogP contribution in [-0.2, 0) is 19.6 Å². The first-order chi connectivity index (χ1) is 20.1. The van der Waals surface area contributed by atoms with Gasteiger partial charge >= 0.3 is 0 Å². The van der Waals surface area contributed by atoms with E-state index < -0.39 is 27.1 Å². The zero-order chi connectivity index (χ0) is 30.1. The first-order valence-corrected chi connectivity index (χ1v) is 15.2. The molecule has 0 saturated heterocycles. The van der Waals surface area contributed by atoms with Crippen LogP contribution in [0.25, 0.3) is 6.08 Å². The normalized spacial score (nSPS) is 12.2. The summed E-state index contributed by atoms with van der Waals surface area (Å²) in [6, 6.07) is 30.3. The van der Waals surface area contributed by atoms with Gasteiger partial charge in [0.25, 0.3) is 11.8 Å².